The van der Waals surface area contributed by atoms with Crippen LogP contribution in [0.15, 0.2) is 65.7 Å². The number of carboxylic acid groups (broad SMARTS) is 1. The normalized spacial score (nSPS) is 13.6. The molecule has 1 aromatic carbocycles. The molecule has 0 unspecified atom stereocenters. The molecule has 2 N–H and O–H groups in total. The lowest BCUT2D eigenvalue weighted by atomic mass is 10.1. The highest BCUT2D eigenvalue weighted by molar-refractivity contribution is 7.16. The minimum Gasteiger partial charge on any atom is -0.478 e. The van der Waals surface area contributed by atoms with E-state index in [4.69, 9.17) is 0 Å². The number of nitrogens with one attached hydrogen (secondary N) is 1. The van der Waals surface area contributed by atoms with Gasteiger partial charge in [-0.2, -0.15) is 13.2 Å². The van der Waals surface area contributed by atoms with Crippen LogP contribution < -0.4 is 10.9 Å². The molecule has 0 bridgehead atoms. The summed E-state index contributed by atoms with van der Waals surface area (Å²) in [6.07, 6.45) is -0.458. The van der Waals surface area contributed by atoms with Crippen LogP contribution in [0.25, 0.3) is 16.9 Å². The van der Waals surface area contributed by atoms with Crippen LogP contribution in [0.1, 0.15) is 39.6 Å². The van der Waals surface area contributed by atoms with Gasteiger partial charge < -0.3 is 10.4 Å². The highest BCUT2D eigenvalue weighted by atomic mass is 32.1. The summed E-state index contributed by atoms with van der Waals surface area (Å²) in [5, 5.41) is 12.5. The molecule has 0 saturated heterocycles. The number of alkyl halides is 3. The molecular formula is C24H17F3N4O3S. The third-order valence-corrected chi connectivity index (χ3v) is 6.65. The smallest absolute Gasteiger partial charge is 0.417 e. The van der Waals surface area contributed by atoms with Gasteiger partial charge in [-0.25, -0.2) is 14.8 Å². The first kappa shape index (κ1) is 22.8. The van der Waals surface area contributed by atoms with E-state index in [0.717, 1.165) is 23.3 Å². The van der Waals surface area contributed by atoms with E-state index in [-0.39, 0.29) is 11.4 Å². The summed E-state index contributed by atoms with van der Waals surface area (Å²) in [4.78, 5) is 33.0. The number of rotatable bonds is 6. The average Bonchev–Trinajstić information content (AvgIpc) is 3.59. The fourth-order valence-corrected chi connectivity index (χ4v) is 4.77. The molecule has 0 spiro atoms. The number of aromatic carboxylic acids is 1. The quantitative estimate of drug-likeness (QED) is 0.354. The number of nitrogens with zero attached hydrogens (tertiary/aromatic N) is 3. The first-order chi connectivity index (χ1) is 16.7. The summed E-state index contributed by atoms with van der Waals surface area (Å²) >= 11 is 1.32. The maximum atomic E-state index is 13.0. The van der Waals surface area contributed by atoms with E-state index in [9.17, 15) is 27.9 Å². The maximum absolute atomic E-state index is 13.0. The van der Waals surface area contributed by atoms with Gasteiger partial charge >= 0.3 is 12.1 Å². The fraction of sp³-hybridized carbons (Fsp3) is 0.167. The Kier molecular flexibility index (Phi) is 5.64. The molecule has 1 fully saturated rings. The molecule has 7 nitrogen and oxygen atoms in total. The van der Waals surface area contributed by atoms with E-state index in [2.05, 4.69) is 15.3 Å². The topological polar surface area (TPSA) is 97.1 Å². The van der Waals surface area contributed by atoms with Crippen LogP contribution >= 0.6 is 11.3 Å². The van der Waals surface area contributed by atoms with Crippen LogP contribution in [0.2, 0.25) is 0 Å². The number of thiazole rings is 1. The summed E-state index contributed by atoms with van der Waals surface area (Å²) in [7, 11) is 0. The molecule has 3 heterocycles. The zero-order valence-electron chi connectivity index (χ0n) is 17.9. The zero-order chi connectivity index (χ0) is 24.7. The third kappa shape index (κ3) is 4.67. The average molecular weight is 498 g/mol. The van der Waals surface area contributed by atoms with Gasteiger partial charge in [0.1, 0.15) is 11.4 Å². The van der Waals surface area contributed by atoms with Crippen molar-refractivity contribution in [3.05, 3.63) is 87.3 Å². The largest absolute Gasteiger partial charge is 0.478 e. The molecule has 5 rings (SSSR count). The Balaban J connectivity index is 1.48. The van der Waals surface area contributed by atoms with Crippen molar-refractivity contribution in [1.82, 2.24) is 14.5 Å². The number of hydrogen-bond acceptors (Lipinski definition) is 6. The second-order valence-electron chi connectivity index (χ2n) is 8.01. The lowest BCUT2D eigenvalue weighted by molar-refractivity contribution is -0.137. The van der Waals surface area contributed by atoms with Crippen LogP contribution in [0, 0.1) is 0 Å². The first-order valence-electron chi connectivity index (χ1n) is 10.6. The molecule has 0 amide bonds. The van der Waals surface area contributed by atoms with E-state index >= 15 is 0 Å². The zero-order valence-corrected chi connectivity index (χ0v) is 18.7. The minimum absolute atomic E-state index is 0.155. The molecule has 178 valence electrons. The standard InChI is InChI=1S/C24H17F3N4O3S/c25-24(26,27)15-11-17(22(33)34)21(28-12-15)30-23-29-19(20(35-23)14-4-5-14)13-6-8-16(9-7-13)31-10-2-1-3-18(31)32/h1-3,6-12,14H,4-5H2,(H,33,34)(H,28,29,30). The number of benzene rings is 1. The van der Waals surface area contributed by atoms with Crippen LogP contribution in [0.4, 0.5) is 24.1 Å². The summed E-state index contributed by atoms with van der Waals surface area (Å²) in [5.74, 6) is -1.43. The van der Waals surface area contributed by atoms with Gasteiger partial charge in [0.25, 0.3) is 5.56 Å². The summed E-state index contributed by atoms with van der Waals surface area (Å²) in [6.45, 7) is 0. The number of carboxylic acids is 1. The minimum atomic E-state index is -4.71. The van der Waals surface area contributed by atoms with Gasteiger partial charge in [-0.15, -0.1) is 11.3 Å². The summed E-state index contributed by atoms with van der Waals surface area (Å²) in [5.41, 5.74) is 0.315. The molecule has 0 atom stereocenters. The van der Waals surface area contributed by atoms with E-state index in [1.165, 1.54) is 22.0 Å². The van der Waals surface area contributed by atoms with Gasteiger partial charge in [0.05, 0.1) is 11.3 Å². The van der Waals surface area contributed by atoms with Gasteiger partial charge in [-0.05, 0) is 43.0 Å². The van der Waals surface area contributed by atoms with Crippen molar-refractivity contribution in [3.63, 3.8) is 0 Å². The van der Waals surface area contributed by atoms with E-state index in [0.29, 0.717) is 34.7 Å². The first-order valence-corrected chi connectivity index (χ1v) is 11.4. The number of anilines is 2. The molecular weight excluding hydrogens is 481 g/mol. The van der Waals surface area contributed by atoms with E-state index in [1.54, 1.807) is 30.5 Å². The van der Waals surface area contributed by atoms with Gasteiger partial charge in [-0.3, -0.25) is 9.36 Å². The highest BCUT2D eigenvalue weighted by Gasteiger charge is 2.33. The SMILES string of the molecule is O=C(O)c1cc(C(F)(F)F)cnc1Nc1nc(-c2ccc(-n3ccccc3=O)cc2)c(C2CC2)s1. The van der Waals surface area contributed by atoms with Crippen molar-refractivity contribution in [2.24, 2.45) is 0 Å². The number of aromatic nitrogens is 3. The Bertz CT molecular complexity index is 1470. The Labute approximate surface area is 200 Å². The molecule has 3 aromatic heterocycles. The molecule has 1 saturated carbocycles. The lowest BCUT2D eigenvalue weighted by Crippen LogP contribution is -2.15. The highest BCUT2D eigenvalue weighted by Crippen LogP contribution is 2.48. The van der Waals surface area contributed by atoms with Crippen LogP contribution in [-0.4, -0.2) is 25.6 Å². The van der Waals surface area contributed by atoms with Crippen molar-refractivity contribution in [2.45, 2.75) is 24.9 Å². The van der Waals surface area contributed by atoms with E-state index in [1.807, 2.05) is 12.1 Å². The summed E-state index contributed by atoms with van der Waals surface area (Å²) in [6, 6.07) is 12.8. The fourth-order valence-electron chi connectivity index (χ4n) is 3.62. The van der Waals surface area contributed by atoms with Crippen molar-refractivity contribution in [3.8, 4) is 16.9 Å². The van der Waals surface area contributed by atoms with E-state index < -0.39 is 23.3 Å². The summed E-state index contributed by atoms with van der Waals surface area (Å²) < 4.78 is 40.5. The Morgan fingerprint density at radius 1 is 1.14 bits per heavy atom. The van der Waals surface area contributed by atoms with Crippen molar-refractivity contribution >= 4 is 28.3 Å². The van der Waals surface area contributed by atoms with Crippen LogP contribution in [-0.2, 0) is 6.18 Å². The molecule has 11 heteroatoms. The van der Waals surface area contributed by atoms with Crippen LogP contribution in [0.5, 0.6) is 0 Å². The molecule has 1 aliphatic carbocycles. The second kappa shape index (κ2) is 8.66. The van der Waals surface area contributed by atoms with Crippen molar-refractivity contribution in [1.29, 1.82) is 0 Å². The molecule has 0 radical (unpaired) electrons. The van der Waals surface area contributed by atoms with Crippen molar-refractivity contribution < 1.29 is 23.1 Å². The lowest BCUT2D eigenvalue weighted by Gasteiger charge is -2.10. The Morgan fingerprint density at radius 2 is 1.89 bits per heavy atom. The van der Waals surface area contributed by atoms with Gasteiger partial charge in [0, 0.05) is 34.6 Å². The molecule has 1 aliphatic rings. The van der Waals surface area contributed by atoms with Gasteiger partial charge in [0.15, 0.2) is 5.13 Å². The molecule has 4 aromatic rings. The number of carbonyl (C=O) groups is 1. The molecule has 35 heavy (non-hydrogen) atoms. The van der Waals surface area contributed by atoms with Crippen LogP contribution in [0.3, 0.4) is 0 Å². The maximum Gasteiger partial charge on any atom is 0.417 e. The predicted molar refractivity (Wildman–Crippen MR) is 125 cm³/mol. The Hall–Kier alpha value is -3.99. The number of pyridine rings is 2. The monoisotopic (exact) mass is 498 g/mol. The van der Waals surface area contributed by atoms with Gasteiger partial charge in [0.2, 0.25) is 0 Å². The predicted octanol–water partition coefficient (Wildman–Crippen LogP) is 5.69. The third-order valence-electron chi connectivity index (χ3n) is 5.51. The van der Waals surface area contributed by atoms with Crippen molar-refractivity contribution in [2.75, 3.05) is 5.32 Å². The Morgan fingerprint density at radius 3 is 2.51 bits per heavy atom. The van der Waals surface area contributed by atoms with Gasteiger partial charge in [-0.1, -0.05) is 18.2 Å². The molecule has 0 aliphatic heterocycles. The number of hydrogen-bond donors (Lipinski definition) is 2. The number of halogens is 3. The second-order valence-corrected chi connectivity index (χ2v) is 9.04.